The molecule has 0 aliphatic heterocycles. The second-order valence-electron chi connectivity index (χ2n) is 3.42. The molecule has 0 spiro atoms. The largest absolute Gasteiger partial charge is 0.358 e. The van der Waals surface area contributed by atoms with Crippen LogP contribution in [-0.4, -0.2) is 22.8 Å². The van der Waals surface area contributed by atoms with Crippen molar-refractivity contribution >= 4 is 5.84 Å². The van der Waals surface area contributed by atoms with Crippen LogP contribution < -0.4 is 0 Å². The molecule has 0 aliphatic rings. The van der Waals surface area contributed by atoms with Crippen LogP contribution in [0.5, 0.6) is 0 Å². The summed E-state index contributed by atoms with van der Waals surface area (Å²) in [5.74, 6) is 0.707. The van der Waals surface area contributed by atoms with Gasteiger partial charge in [-0.15, -0.1) is 0 Å². The Morgan fingerprint density at radius 3 is 2.87 bits per heavy atom. The quantitative estimate of drug-likeness (QED) is 0.417. The van der Waals surface area contributed by atoms with E-state index in [1.54, 1.807) is 6.19 Å². The summed E-state index contributed by atoms with van der Waals surface area (Å²) < 4.78 is 0. The minimum absolute atomic E-state index is 0.707. The molecule has 0 radical (unpaired) electrons. The van der Waals surface area contributed by atoms with Crippen molar-refractivity contribution in [1.29, 1.82) is 5.26 Å². The van der Waals surface area contributed by atoms with Crippen LogP contribution in [0.25, 0.3) is 0 Å². The van der Waals surface area contributed by atoms with Gasteiger partial charge in [-0.2, -0.15) is 10.3 Å². The van der Waals surface area contributed by atoms with E-state index in [2.05, 4.69) is 9.98 Å². The fraction of sp³-hybridized carbons (Fsp3) is 0.364. The molecule has 0 aromatic carbocycles. The van der Waals surface area contributed by atoms with Crippen molar-refractivity contribution < 1.29 is 0 Å². The van der Waals surface area contributed by atoms with Crippen LogP contribution in [0, 0.1) is 18.4 Å². The van der Waals surface area contributed by atoms with E-state index < -0.39 is 0 Å². The summed E-state index contributed by atoms with van der Waals surface area (Å²) in [6, 6.07) is 4.00. The Bertz CT molecular complexity index is 386. The molecule has 0 saturated heterocycles. The fourth-order valence-corrected chi connectivity index (χ4v) is 1.14. The van der Waals surface area contributed by atoms with E-state index in [9.17, 15) is 0 Å². The number of hydrogen-bond acceptors (Lipinski definition) is 3. The topological polar surface area (TPSA) is 52.3 Å². The Balaban J connectivity index is 2.67. The van der Waals surface area contributed by atoms with Crippen molar-refractivity contribution in [3.8, 4) is 6.19 Å². The number of amidine groups is 1. The number of nitriles is 1. The zero-order valence-corrected chi connectivity index (χ0v) is 9.23. The monoisotopic (exact) mass is 202 g/mol. The first-order valence-corrected chi connectivity index (χ1v) is 4.69. The zero-order valence-electron chi connectivity index (χ0n) is 9.23. The van der Waals surface area contributed by atoms with Gasteiger partial charge in [0.15, 0.2) is 0 Å². The molecule has 1 heterocycles. The van der Waals surface area contributed by atoms with Gasteiger partial charge in [0, 0.05) is 25.5 Å². The minimum atomic E-state index is 0.707. The van der Waals surface area contributed by atoms with Crippen LogP contribution in [0.3, 0.4) is 0 Å². The Kier molecular flexibility index (Phi) is 3.81. The summed E-state index contributed by atoms with van der Waals surface area (Å²) in [5, 5.41) is 8.41. The van der Waals surface area contributed by atoms with Crippen molar-refractivity contribution in [1.82, 2.24) is 9.88 Å². The summed E-state index contributed by atoms with van der Waals surface area (Å²) >= 11 is 0. The number of aliphatic imine (C=N–C) groups is 1. The molecule has 0 N–H and O–H groups in total. The van der Waals surface area contributed by atoms with Gasteiger partial charge in [-0.3, -0.25) is 4.98 Å². The third kappa shape index (κ3) is 3.39. The molecule has 0 saturated carbocycles. The SMILES string of the molecule is CC(=NC#N)N(C)Cc1ccc(C)nc1. The lowest BCUT2D eigenvalue weighted by Gasteiger charge is -2.17. The van der Waals surface area contributed by atoms with Gasteiger partial charge in [0.2, 0.25) is 6.19 Å². The molecule has 4 nitrogen and oxygen atoms in total. The van der Waals surface area contributed by atoms with Crippen LogP contribution in [0.1, 0.15) is 18.2 Å². The lowest BCUT2D eigenvalue weighted by molar-refractivity contribution is 0.497. The number of hydrogen-bond donors (Lipinski definition) is 0. The van der Waals surface area contributed by atoms with Gasteiger partial charge >= 0.3 is 0 Å². The number of pyridine rings is 1. The maximum absolute atomic E-state index is 8.41. The van der Waals surface area contributed by atoms with E-state index in [1.807, 2.05) is 44.1 Å². The van der Waals surface area contributed by atoms with Crippen LogP contribution in [0.4, 0.5) is 0 Å². The van der Waals surface area contributed by atoms with Gasteiger partial charge < -0.3 is 4.90 Å². The first-order valence-electron chi connectivity index (χ1n) is 4.69. The van der Waals surface area contributed by atoms with Crippen molar-refractivity contribution in [3.63, 3.8) is 0 Å². The minimum Gasteiger partial charge on any atom is -0.358 e. The standard InChI is InChI=1S/C11H14N4/c1-9-4-5-11(6-13-9)7-15(3)10(2)14-8-12/h4-6H,7H2,1-3H3. The van der Waals surface area contributed by atoms with E-state index in [4.69, 9.17) is 5.26 Å². The summed E-state index contributed by atoms with van der Waals surface area (Å²) in [6.45, 7) is 4.48. The third-order valence-corrected chi connectivity index (χ3v) is 2.16. The maximum atomic E-state index is 8.41. The molecule has 0 amide bonds. The molecule has 0 atom stereocenters. The molecule has 0 aliphatic carbocycles. The second-order valence-corrected chi connectivity index (χ2v) is 3.42. The van der Waals surface area contributed by atoms with Gasteiger partial charge in [-0.25, -0.2) is 0 Å². The lowest BCUT2D eigenvalue weighted by Crippen LogP contribution is -2.23. The highest BCUT2D eigenvalue weighted by molar-refractivity contribution is 5.80. The normalized spacial score (nSPS) is 10.9. The molecule has 0 bridgehead atoms. The lowest BCUT2D eigenvalue weighted by atomic mass is 10.2. The van der Waals surface area contributed by atoms with Crippen LogP contribution in [0.15, 0.2) is 23.3 Å². The molecule has 1 aromatic heterocycles. The number of aromatic nitrogens is 1. The average Bonchev–Trinajstić information content (AvgIpc) is 2.22. The van der Waals surface area contributed by atoms with E-state index >= 15 is 0 Å². The fourth-order valence-electron chi connectivity index (χ4n) is 1.14. The van der Waals surface area contributed by atoms with Gasteiger partial charge in [-0.1, -0.05) is 6.07 Å². The Morgan fingerprint density at radius 2 is 2.33 bits per heavy atom. The Morgan fingerprint density at radius 1 is 1.60 bits per heavy atom. The van der Waals surface area contributed by atoms with E-state index in [-0.39, 0.29) is 0 Å². The van der Waals surface area contributed by atoms with E-state index in [0.29, 0.717) is 12.4 Å². The van der Waals surface area contributed by atoms with Crippen molar-refractivity contribution in [3.05, 3.63) is 29.6 Å². The van der Waals surface area contributed by atoms with Gasteiger partial charge in [0.1, 0.15) is 5.84 Å². The van der Waals surface area contributed by atoms with Gasteiger partial charge in [0.05, 0.1) is 0 Å². The highest BCUT2D eigenvalue weighted by Gasteiger charge is 2.02. The van der Waals surface area contributed by atoms with Gasteiger partial charge in [0.25, 0.3) is 0 Å². The van der Waals surface area contributed by atoms with E-state index in [0.717, 1.165) is 11.3 Å². The maximum Gasteiger partial charge on any atom is 0.207 e. The molecule has 78 valence electrons. The first kappa shape index (κ1) is 11.2. The predicted octanol–water partition coefficient (Wildman–Crippen LogP) is 1.72. The number of rotatable bonds is 2. The molecular weight excluding hydrogens is 188 g/mol. The molecule has 1 rings (SSSR count). The van der Waals surface area contributed by atoms with E-state index in [1.165, 1.54) is 0 Å². The summed E-state index contributed by atoms with van der Waals surface area (Å²) in [4.78, 5) is 9.78. The molecule has 0 unspecified atom stereocenters. The molecule has 0 fully saturated rings. The third-order valence-electron chi connectivity index (χ3n) is 2.16. The average molecular weight is 202 g/mol. The highest BCUT2D eigenvalue weighted by atomic mass is 15.2. The van der Waals surface area contributed by atoms with Gasteiger partial charge in [-0.05, 0) is 25.5 Å². The van der Waals surface area contributed by atoms with Crippen molar-refractivity contribution in [2.75, 3.05) is 7.05 Å². The molecule has 15 heavy (non-hydrogen) atoms. The molecular formula is C11H14N4. The van der Waals surface area contributed by atoms with Crippen LogP contribution >= 0.6 is 0 Å². The Hall–Kier alpha value is -1.89. The number of aryl methyl sites for hydroxylation is 1. The Labute approximate surface area is 89.9 Å². The smallest absolute Gasteiger partial charge is 0.207 e. The molecule has 4 heteroatoms. The highest BCUT2D eigenvalue weighted by Crippen LogP contribution is 2.03. The van der Waals surface area contributed by atoms with Crippen molar-refractivity contribution in [2.24, 2.45) is 4.99 Å². The predicted molar refractivity (Wildman–Crippen MR) is 59.2 cm³/mol. The second kappa shape index (κ2) is 5.11. The molecule has 1 aromatic rings. The zero-order chi connectivity index (χ0) is 11.3. The first-order chi connectivity index (χ1) is 7.13. The number of nitrogens with zero attached hydrogens (tertiary/aromatic N) is 4. The summed E-state index contributed by atoms with van der Waals surface area (Å²) in [6.07, 6.45) is 3.61. The summed E-state index contributed by atoms with van der Waals surface area (Å²) in [7, 11) is 1.90. The van der Waals surface area contributed by atoms with Crippen molar-refractivity contribution in [2.45, 2.75) is 20.4 Å². The van der Waals surface area contributed by atoms with Crippen LogP contribution in [-0.2, 0) is 6.54 Å². The van der Waals surface area contributed by atoms with Crippen LogP contribution in [0.2, 0.25) is 0 Å². The summed E-state index contributed by atoms with van der Waals surface area (Å²) in [5.41, 5.74) is 2.11.